The number of rotatable bonds is 6. The monoisotopic (exact) mass is 480 g/mol. The number of terminal acetylenes is 1. The molecule has 0 aliphatic rings. The number of benzene rings is 2. The summed E-state index contributed by atoms with van der Waals surface area (Å²) in [5.41, 5.74) is 2.23. The van der Waals surface area contributed by atoms with Gasteiger partial charge in [-0.1, -0.05) is 24.1 Å². The van der Waals surface area contributed by atoms with Gasteiger partial charge in [-0.05, 0) is 42.3 Å². The molecule has 0 unspecified atom stereocenters. The Bertz CT molecular complexity index is 833. The molecule has 3 N–H and O–H groups in total. The van der Waals surface area contributed by atoms with Crippen molar-refractivity contribution >= 4 is 41.5 Å². The predicted octanol–water partition coefficient (Wildman–Crippen LogP) is 2.77. The van der Waals surface area contributed by atoms with Crippen molar-refractivity contribution in [2.24, 2.45) is 4.99 Å². The first kappa shape index (κ1) is 22.4. The number of amides is 1. The van der Waals surface area contributed by atoms with Crippen LogP contribution >= 0.6 is 24.0 Å². The lowest BCUT2D eigenvalue weighted by Crippen LogP contribution is -2.42. The Morgan fingerprint density at radius 1 is 1.19 bits per heavy atom. The van der Waals surface area contributed by atoms with Gasteiger partial charge in [0.2, 0.25) is 5.91 Å². The number of carbonyl (C=O) groups is 1. The Balaban J connectivity index is 0.00000364. The average molecular weight is 480 g/mol. The molecule has 142 valence electrons. The third-order valence-corrected chi connectivity index (χ3v) is 3.55. The molecule has 0 saturated carbocycles. The first-order valence-corrected chi connectivity index (χ1v) is 8.16. The lowest BCUT2D eigenvalue weighted by molar-refractivity contribution is -0.115. The van der Waals surface area contributed by atoms with Crippen molar-refractivity contribution in [1.29, 1.82) is 0 Å². The Hall–Kier alpha value is -2.60. The number of hydrogen-bond acceptors (Lipinski definition) is 2. The Labute approximate surface area is 175 Å². The number of carbonyl (C=O) groups excluding carboxylic acids is 1. The summed E-state index contributed by atoms with van der Waals surface area (Å²) in [6.45, 7) is 0.620. The summed E-state index contributed by atoms with van der Waals surface area (Å²) in [4.78, 5) is 16.1. The molecule has 0 aliphatic carbocycles. The molecule has 0 aromatic heterocycles. The number of anilines is 1. The SMILES string of the molecule is C#Cc1cccc(NC(=O)CNC(=NC)NCCc2cccc(F)c2)c1.I. The third kappa shape index (κ3) is 8.09. The van der Waals surface area contributed by atoms with Gasteiger partial charge in [-0.25, -0.2) is 4.39 Å². The summed E-state index contributed by atoms with van der Waals surface area (Å²) in [6.07, 6.45) is 5.99. The van der Waals surface area contributed by atoms with Gasteiger partial charge in [0.05, 0.1) is 6.54 Å². The van der Waals surface area contributed by atoms with Crippen molar-refractivity contribution in [3.63, 3.8) is 0 Å². The van der Waals surface area contributed by atoms with Gasteiger partial charge >= 0.3 is 0 Å². The molecule has 0 saturated heterocycles. The molecule has 0 radical (unpaired) electrons. The predicted molar refractivity (Wildman–Crippen MR) is 118 cm³/mol. The highest BCUT2D eigenvalue weighted by Crippen LogP contribution is 2.09. The van der Waals surface area contributed by atoms with Crippen LogP contribution in [0.15, 0.2) is 53.5 Å². The zero-order chi connectivity index (χ0) is 18.8. The zero-order valence-electron chi connectivity index (χ0n) is 15.0. The largest absolute Gasteiger partial charge is 0.356 e. The average Bonchev–Trinajstić information content (AvgIpc) is 2.64. The van der Waals surface area contributed by atoms with Crippen LogP contribution in [0.5, 0.6) is 0 Å². The second-order valence-electron chi connectivity index (χ2n) is 5.51. The lowest BCUT2D eigenvalue weighted by atomic mass is 10.1. The number of guanidine groups is 1. The van der Waals surface area contributed by atoms with E-state index in [1.807, 2.05) is 6.07 Å². The summed E-state index contributed by atoms with van der Waals surface area (Å²) >= 11 is 0. The highest BCUT2D eigenvalue weighted by molar-refractivity contribution is 14.0. The van der Waals surface area contributed by atoms with Crippen molar-refractivity contribution in [3.05, 3.63) is 65.5 Å². The van der Waals surface area contributed by atoms with Gasteiger partial charge in [-0.15, -0.1) is 30.4 Å². The van der Waals surface area contributed by atoms with Crippen LogP contribution in [0.3, 0.4) is 0 Å². The first-order chi connectivity index (χ1) is 12.6. The second kappa shape index (κ2) is 11.9. The fraction of sp³-hybridized carbons (Fsp3) is 0.200. The smallest absolute Gasteiger partial charge is 0.243 e. The summed E-state index contributed by atoms with van der Waals surface area (Å²) < 4.78 is 13.1. The fourth-order valence-electron chi connectivity index (χ4n) is 2.29. The normalized spacial score (nSPS) is 10.3. The number of halogens is 2. The molecule has 2 aromatic rings. The molecule has 2 rings (SSSR count). The topological polar surface area (TPSA) is 65.5 Å². The summed E-state index contributed by atoms with van der Waals surface area (Å²) in [5.74, 6) is 2.55. The quantitative estimate of drug-likeness (QED) is 0.258. The molecular weight excluding hydrogens is 458 g/mol. The van der Waals surface area contributed by atoms with Gasteiger partial charge in [0.15, 0.2) is 5.96 Å². The van der Waals surface area contributed by atoms with Gasteiger partial charge < -0.3 is 16.0 Å². The lowest BCUT2D eigenvalue weighted by Gasteiger charge is -2.12. The number of nitrogens with one attached hydrogen (secondary N) is 3. The number of aliphatic imine (C=N–C) groups is 1. The number of hydrogen-bond donors (Lipinski definition) is 3. The minimum Gasteiger partial charge on any atom is -0.356 e. The minimum atomic E-state index is -0.254. The second-order valence-corrected chi connectivity index (χ2v) is 5.51. The van der Waals surface area contributed by atoms with E-state index in [0.29, 0.717) is 30.2 Å². The Morgan fingerprint density at radius 2 is 1.96 bits per heavy atom. The Kier molecular flexibility index (Phi) is 9.90. The zero-order valence-corrected chi connectivity index (χ0v) is 17.3. The third-order valence-electron chi connectivity index (χ3n) is 3.55. The van der Waals surface area contributed by atoms with Crippen LogP contribution in [-0.4, -0.2) is 32.0 Å². The van der Waals surface area contributed by atoms with E-state index >= 15 is 0 Å². The Morgan fingerprint density at radius 3 is 2.67 bits per heavy atom. The molecule has 27 heavy (non-hydrogen) atoms. The highest BCUT2D eigenvalue weighted by atomic mass is 127. The summed E-state index contributed by atoms with van der Waals surface area (Å²) in [6, 6.07) is 13.5. The van der Waals surface area contributed by atoms with Crippen LogP contribution in [0.1, 0.15) is 11.1 Å². The van der Waals surface area contributed by atoms with E-state index in [9.17, 15) is 9.18 Å². The molecule has 0 aliphatic heterocycles. The molecule has 0 spiro atoms. The van der Waals surface area contributed by atoms with Gasteiger partial charge in [0.25, 0.3) is 0 Å². The van der Waals surface area contributed by atoms with E-state index in [0.717, 1.165) is 5.56 Å². The van der Waals surface area contributed by atoms with Crippen molar-refractivity contribution in [1.82, 2.24) is 10.6 Å². The van der Waals surface area contributed by atoms with Gasteiger partial charge in [-0.3, -0.25) is 9.79 Å². The van der Waals surface area contributed by atoms with Crippen molar-refractivity contribution in [3.8, 4) is 12.3 Å². The standard InChI is InChI=1S/C20H21FN4O.HI/c1-3-15-6-5-9-18(13-15)25-19(26)14-24-20(22-2)23-11-10-16-7-4-8-17(21)12-16;/h1,4-9,12-13H,10-11,14H2,2H3,(H,25,26)(H2,22,23,24);1H. The molecule has 0 fully saturated rings. The highest BCUT2D eigenvalue weighted by Gasteiger charge is 2.05. The van der Waals surface area contributed by atoms with Crippen LogP contribution < -0.4 is 16.0 Å². The van der Waals surface area contributed by atoms with Crippen LogP contribution in [0.2, 0.25) is 0 Å². The van der Waals surface area contributed by atoms with E-state index in [2.05, 4.69) is 26.9 Å². The maximum Gasteiger partial charge on any atom is 0.243 e. The molecule has 2 aromatic carbocycles. The van der Waals surface area contributed by atoms with Gasteiger partial charge in [-0.2, -0.15) is 0 Å². The summed E-state index contributed by atoms with van der Waals surface area (Å²) in [7, 11) is 1.62. The molecule has 0 bridgehead atoms. The van der Waals surface area contributed by atoms with Crippen LogP contribution in [0.4, 0.5) is 10.1 Å². The van der Waals surface area contributed by atoms with Crippen LogP contribution in [0, 0.1) is 18.2 Å². The first-order valence-electron chi connectivity index (χ1n) is 8.16. The molecule has 5 nitrogen and oxygen atoms in total. The maximum atomic E-state index is 13.1. The van der Waals surface area contributed by atoms with Crippen molar-refractivity contribution in [2.45, 2.75) is 6.42 Å². The van der Waals surface area contributed by atoms with Crippen molar-refractivity contribution < 1.29 is 9.18 Å². The van der Waals surface area contributed by atoms with E-state index in [1.165, 1.54) is 12.1 Å². The minimum absolute atomic E-state index is 0. The van der Waals surface area contributed by atoms with E-state index in [1.54, 1.807) is 37.4 Å². The van der Waals surface area contributed by atoms with E-state index in [4.69, 9.17) is 6.42 Å². The molecular formula is C20H22FIN4O. The molecule has 1 amide bonds. The van der Waals surface area contributed by atoms with E-state index in [-0.39, 0.29) is 42.2 Å². The van der Waals surface area contributed by atoms with E-state index < -0.39 is 0 Å². The molecule has 0 atom stereocenters. The van der Waals surface area contributed by atoms with Gasteiger partial charge in [0.1, 0.15) is 5.82 Å². The molecule has 0 heterocycles. The van der Waals surface area contributed by atoms with Gasteiger partial charge in [0, 0.05) is 24.8 Å². The molecule has 7 heteroatoms. The summed E-state index contributed by atoms with van der Waals surface area (Å²) in [5, 5.41) is 8.78. The van der Waals surface area contributed by atoms with Crippen LogP contribution in [0.25, 0.3) is 0 Å². The fourth-order valence-corrected chi connectivity index (χ4v) is 2.29. The van der Waals surface area contributed by atoms with Crippen LogP contribution in [-0.2, 0) is 11.2 Å². The number of nitrogens with zero attached hydrogens (tertiary/aromatic N) is 1. The maximum absolute atomic E-state index is 13.1. The van der Waals surface area contributed by atoms with Crippen molar-refractivity contribution in [2.75, 3.05) is 25.5 Å².